The Kier molecular flexibility index (Phi) is 8.25. The Morgan fingerprint density at radius 3 is 2.09 bits per heavy atom. The van der Waals surface area contributed by atoms with Crippen molar-refractivity contribution >= 4 is 30.4 Å². The van der Waals surface area contributed by atoms with Gasteiger partial charge in [0.2, 0.25) is 0 Å². The van der Waals surface area contributed by atoms with Crippen LogP contribution in [0.1, 0.15) is 60.3 Å². The van der Waals surface area contributed by atoms with E-state index in [-0.39, 0.29) is 11.9 Å². The number of hydrogen-bond donors (Lipinski definition) is 0. The lowest BCUT2D eigenvalue weighted by Gasteiger charge is -2.53. The van der Waals surface area contributed by atoms with Crippen molar-refractivity contribution < 1.29 is 19.1 Å². The van der Waals surface area contributed by atoms with Crippen LogP contribution in [-0.4, -0.2) is 67.3 Å². The number of allylic oxidation sites excluding steroid dienone is 1. The minimum atomic E-state index is -1.03. The molecule has 1 saturated carbocycles. The zero-order valence-corrected chi connectivity index (χ0v) is 22.4. The fraction of sp³-hybridized carbons (Fsp3) is 0.750. The van der Waals surface area contributed by atoms with Crippen LogP contribution in [0.15, 0.2) is 21.6 Å². The minimum Gasteiger partial charge on any atom is -0.468 e. The van der Waals surface area contributed by atoms with E-state index in [2.05, 4.69) is 44.4 Å². The summed E-state index contributed by atoms with van der Waals surface area (Å²) in [6.07, 6.45) is 4.61. The molecule has 3 rings (SSSR count). The number of carbonyl (C=O) groups excluding carboxylic acids is 2. The largest absolute Gasteiger partial charge is 0.468 e. The number of rotatable bonds is 9. The third kappa shape index (κ3) is 3.68. The average molecular weight is 483 g/mol. The van der Waals surface area contributed by atoms with Gasteiger partial charge in [0.1, 0.15) is 0 Å². The predicted molar refractivity (Wildman–Crippen MR) is 132 cm³/mol. The molecule has 2 heterocycles. The quantitative estimate of drug-likeness (QED) is 0.332. The average Bonchev–Trinajstić information content (AvgIpc) is 3.10. The smallest absolute Gasteiger partial charge is 0.336 e. The van der Waals surface area contributed by atoms with Gasteiger partial charge in [-0.1, -0.05) is 37.6 Å². The number of nitrogens with zero attached hydrogens (tertiary/aromatic N) is 2. The number of carbonyl (C=O) groups is 2. The first kappa shape index (κ1) is 25.4. The van der Waals surface area contributed by atoms with Gasteiger partial charge in [0.25, 0.3) is 0 Å². The van der Waals surface area contributed by atoms with E-state index < -0.39 is 12.3 Å². The van der Waals surface area contributed by atoms with Crippen LogP contribution in [0.3, 0.4) is 0 Å². The molecular formula is C24H39N2O4PS. The monoisotopic (exact) mass is 482 g/mol. The zero-order chi connectivity index (χ0) is 23.6. The molecule has 180 valence electrons. The van der Waals surface area contributed by atoms with Gasteiger partial charge in [-0.25, -0.2) is 4.79 Å². The van der Waals surface area contributed by atoms with Gasteiger partial charge < -0.3 is 19.3 Å². The molecule has 8 heteroatoms. The Bertz CT molecular complexity index is 806. The Morgan fingerprint density at radius 2 is 1.59 bits per heavy atom. The van der Waals surface area contributed by atoms with Crippen molar-refractivity contribution in [1.29, 1.82) is 0 Å². The summed E-state index contributed by atoms with van der Waals surface area (Å²) in [6, 6.07) is 0. The third-order valence-electron chi connectivity index (χ3n) is 7.31. The molecule has 1 fully saturated rings. The van der Waals surface area contributed by atoms with Gasteiger partial charge in [0.05, 0.1) is 30.9 Å². The molecule has 0 aromatic carbocycles. The van der Waals surface area contributed by atoms with Gasteiger partial charge in [0, 0.05) is 38.2 Å². The lowest BCUT2D eigenvalue weighted by atomic mass is 9.77. The molecule has 0 aromatic heterocycles. The van der Waals surface area contributed by atoms with Crippen LogP contribution in [0, 0.1) is 11.8 Å². The maximum Gasteiger partial charge on any atom is 0.336 e. The molecule has 0 aromatic rings. The molecular weight excluding hydrogens is 443 g/mol. The fourth-order valence-corrected chi connectivity index (χ4v) is 12.5. The van der Waals surface area contributed by atoms with E-state index in [1.165, 1.54) is 26.1 Å². The summed E-state index contributed by atoms with van der Waals surface area (Å²) in [7, 11) is 1.87. The Hall–Kier alpha value is -1.20. The highest BCUT2D eigenvalue weighted by Gasteiger charge is 2.71. The lowest BCUT2D eigenvalue weighted by Crippen LogP contribution is -2.55. The van der Waals surface area contributed by atoms with Crippen LogP contribution in [0.25, 0.3) is 0 Å². The number of methoxy groups -OCH3 is 2. The summed E-state index contributed by atoms with van der Waals surface area (Å²) >= 11 is 1.79. The predicted octanol–water partition coefficient (Wildman–Crippen LogP) is 5.16. The van der Waals surface area contributed by atoms with Crippen LogP contribution < -0.4 is 0 Å². The second-order valence-corrected chi connectivity index (χ2v) is 12.7. The van der Waals surface area contributed by atoms with E-state index in [1.807, 2.05) is 0 Å². The summed E-state index contributed by atoms with van der Waals surface area (Å²) < 4.78 is 10.8. The molecule has 4 unspecified atom stereocenters. The third-order valence-corrected chi connectivity index (χ3v) is 12.8. The van der Waals surface area contributed by atoms with E-state index in [0.29, 0.717) is 17.4 Å². The number of hydrogen-bond acceptors (Lipinski definition) is 7. The molecule has 2 aliphatic heterocycles. The molecule has 6 nitrogen and oxygen atoms in total. The molecule has 0 radical (unpaired) electrons. The van der Waals surface area contributed by atoms with E-state index in [1.54, 1.807) is 11.4 Å². The van der Waals surface area contributed by atoms with Crippen molar-refractivity contribution in [3.8, 4) is 0 Å². The lowest BCUT2D eigenvalue weighted by molar-refractivity contribution is -0.145. The number of esters is 2. The second kappa shape index (κ2) is 10.4. The zero-order valence-electron chi connectivity index (χ0n) is 20.7. The van der Waals surface area contributed by atoms with E-state index in [4.69, 9.17) is 9.47 Å². The standard InChI is InChI=1S/C24H39N2O4PS/c1-8-25(9-2)20-21(26(10-3)11-4)31-24(20,23(28)30-7)18(22(27)29-6)19(32-31)17-15-13-12-14-16(17)5/h16-17H,8-15H2,1-7H3. The first-order valence-electron chi connectivity index (χ1n) is 12.0. The van der Waals surface area contributed by atoms with Crippen LogP contribution >= 0.6 is 18.5 Å². The van der Waals surface area contributed by atoms with Gasteiger partial charge in [0.15, 0.2) is 5.16 Å². The normalized spacial score (nSPS) is 29.4. The Morgan fingerprint density at radius 1 is 1.00 bits per heavy atom. The molecule has 0 spiro atoms. The van der Waals surface area contributed by atoms with E-state index in [9.17, 15) is 9.59 Å². The van der Waals surface area contributed by atoms with Crippen molar-refractivity contribution in [2.75, 3.05) is 40.4 Å². The van der Waals surface area contributed by atoms with Gasteiger partial charge in [-0.15, -0.1) is 0 Å². The summed E-state index contributed by atoms with van der Waals surface area (Å²) in [4.78, 5) is 32.8. The molecule has 32 heavy (non-hydrogen) atoms. The second-order valence-electron chi connectivity index (χ2n) is 8.70. The molecule has 3 aliphatic rings. The summed E-state index contributed by atoms with van der Waals surface area (Å²) in [5.41, 5.74) is 2.78. The fourth-order valence-electron chi connectivity index (χ4n) is 5.56. The Labute approximate surface area is 198 Å². The van der Waals surface area contributed by atoms with Crippen LogP contribution in [0.4, 0.5) is 0 Å². The number of fused-ring (bicyclic) bond motifs is 1. The highest BCUT2D eigenvalue weighted by Crippen LogP contribution is 2.86. The molecule has 0 bridgehead atoms. The molecule has 0 saturated heterocycles. The first-order chi connectivity index (χ1) is 15.4. The van der Waals surface area contributed by atoms with Crippen molar-refractivity contribution in [3.05, 3.63) is 21.6 Å². The van der Waals surface area contributed by atoms with Crippen molar-refractivity contribution in [2.45, 2.75) is 65.5 Å². The van der Waals surface area contributed by atoms with E-state index in [0.717, 1.165) is 56.0 Å². The topological polar surface area (TPSA) is 59.1 Å². The highest BCUT2D eigenvalue weighted by molar-refractivity contribution is 8.60. The van der Waals surface area contributed by atoms with Gasteiger partial charge in [-0.2, -0.15) is 0 Å². The maximum atomic E-state index is 13.7. The van der Waals surface area contributed by atoms with Crippen LogP contribution in [-0.2, 0) is 19.1 Å². The summed E-state index contributed by atoms with van der Waals surface area (Å²) in [6.45, 7) is 14.1. The van der Waals surface area contributed by atoms with Gasteiger partial charge >= 0.3 is 11.9 Å². The molecule has 4 atom stereocenters. The molecule has 0 N–H and O–H groups in total. The minimum absolute atomic E-state index is 0.299. The van der Waals surface area contributed by atoms with Gasteiger partial charge in [-0.05, 0) is 46.0 Å². The molecule has 1 aliphatic carbocycles. The molecule has 0 amide bonds. The van der Waals surface area contributed by atoms with Crippen molar-refractivity contribution in [3.63, 3.8) is 0 Å². The van der Waals surface area contributed by atoms with Crippen molar-refractivity contribution in [1.82, 2.24) is 9.80 Å². The van der Waals surface area contributed by atoms with Crippen LogP contribution in [0.5, 0.6) is 0 Å². The maximum absolute atomic E-state index is 13.7. The first-order valence-corrected chi connectivity index (χ1v) is 14.8. The Balaban J connectivity index is 2.30. The SMILES string of the molecule is CCN(CC)C1=C(N(CC)CC)C2(C(=O)OC)C(C(=O)OC)=C(C3CCCCC3C)SP12. The van der Waals surface area contributed by atoms with Crippen molar-refractivity contribution in [2.24, 2.45) is 11.8 Å². The highest BCUT2D eigenvalue weighted by atomic mass is 32.7. The van der Waals surface area contributed by atoms with Crippen LogP contribution in [0.2, 0.25) is 0 Å². The summed E-state index contributed by atoms with van der Waals surface area (Å²) in [5.74, 6) is 0.105. The summed E-state index contributed by atoms with van der Waals surface area (Å²) in [5, 5.41) is -1.03. The number of ether oxygens (including phenoxy) is 2. The van der Waals surface area contributed by atoms with Gasteiger partial charge in [-0.3, -0.25) is 4.79 Å². The van der Waals surface area contributed by atoms with E-state index >= 15 is 0 Å².